The maximum atomic E-state index is 4.40. The first-order chi connectivity index (χ1) is 7.81. The third-order valence-corrected chi connectivity index (χ3v) is 4.37. The Morgan fingerprint density at radius 1 is 1.25 bits per heavy atom. The zero-order valence-corrected chi connectivity index (χ0v) is 11.3. The fraction of sp³-hybridized carbons (Fsp3) is 0.583. The lowest BCUT2D eigenvalue weighted by Gasteiger charge is -2.14. The third kappa shape index (κ3) is 2.18. The highest BCUT2D eigenvalue weighted by Crippen LogP contribution is 2.35. The van der Waals surface area contributed by atoms with Gasteiger partial charge in [-0.25, -0.2) is 4.98 Å². The molecule has 16 heavy (non-hydrogen) atoms. The summed E-state index contributed by atoms with van der Waals surface area (Å²) in [5, 5.41) is 7.03. The Balaban J connectivity index is 1.62. The van der Waals surface area contributed by atoms with Gasteiger partial charge in [0.05, 0.1) is 0 Å². The first-order valence-corrected chi connectivity index (χ1v) is 6.98. The fourth-order valence-corrected chi connectivity index (χ4v) is 3.27. The second-order valence-corrected chi connectivity index (χ2v) is 6.10. The van der Waals surface area contributed by atoms with Crippen LogP contribution in [0.2, 0.25) is 0 Å². The molecule has 3 nitrogen and oxygen atoms in total. The summed E-state index contributed by atoms with van der Waals surface area (Å²) < 4.78 is 1.19. The minimum absolute atomic E-state index is 0.629. The summed E-state index contributed by atoms with van der Waals surface area (Å²) in [5.74, 6) is 2.81. The number of anilines is 1. The summed E-state index contributed by atoms with van der Waals surface area (Å²) >= 11 is 2.28. The van der Waals surface area contributed by atoms with Gasteiger partial charge in [0.2, 0.25) is 0 Å². The minimum atomic E-state index is 0.629. The predicted octanol–water partition coefficient (Wildman–Crippen LogP) is 2.10. The maximum absolute atomic E-state index is 4.40. The van der Waals surface area contributed by atoms with Crippen molar-refractivity contribution in [3.05, 3.63) is 21.9 Å². The quantitative estimate of drug-likeness (QED) is 0.816. The van der Waals surface area contributed by atoms with Crippen LogP contribution < -0.4 is 10.6 Å². The van der Waals surface area contributed by atoms with Crippen molar-refractivity contribution in [2.45, 2.75) is 18.9 Å². The van der Waals surface area contributed by atoms with Gasteiger partial charge in [0, 0.05) is 15.8 Å². The Morgan fingerprint density at radius 2 is 2.00 bits per heavy atom. The van der Waals surface area contributed by atoms with E-state index in [9.17, 15) is 0 Å². The van der Waals surface area contributed by atoms with E-state index in [1.165, 1.54) is 29.5 Å². The van der Waals surface area contributed by atoms with Crippen LogP contribution in [0.3, 0.4) is 0 Å². The van der Waals surface area contributed by atoms with E-state index in [-0.39, 0.29) is 0 Å². The molecule has 0 bridgehead atoms. The molecule has 0 spiro atoms. The first-order valence-electron chi connectivity index (χ1n) is 5.90. The topological polar surface area (TPSA) is 37.0 Å². The largest absolute Gasteiger partial charge is 0.367 e. The normalized spacial score (nSPS) is 32.7. The standard InChI is InChI=1S/C12H16IN3/c13-10-1-2-12(15-7-10)16-11-3-8-5-14-6-9(8)4-11/h1-2,7-9,11,14H,3-6H2,(H,15,16)/t8-,9?,11?/m1/s1. The highest BCUT2D eigenvalue weighted by Gasteiger charge is 2.37. The van der Waals surface area contributed by atoms with Gasteiger partial charge in [-0.2, -0.15) is 0 Å². The molecule has 1 aliphatic carbocycles. The van der Waals surface area contributed by atoms with Gasteiger partial charge in [-0.1, -0.05) is 0 Å². The molecule has 4 heteroatoms. The lowest BCUT2D eigenvalue weighted by molar-refractivity contribution is 0.494. The maximum Gasteiger partial charge on any atom is 0.126 e. The van der Waals surface area contributed by atoms with Crippen molar-refractivity contribution in [3.8, 4) is 0 Å². The van der Waals surface area contributed by atoms with Crippen LogP contribution >= 0.6 is 22.6 Å². The van der Waals surface area contributed by atoms with E-state index < -0.39 is 0 Å². The second-order valence-electron chi connectivity index (χ2n) is 4.85. The molecule has 2 heterocycles. The smallest absolute Gasteiger partial charge is 0.126 e. The molecule has 0 radical (unpaired) electrons. The van der Waals surface area contributed by atoms with E-state index in [0.717, 1.165) is 17.7 Å². The average Bonchev–Trinajstić information content (AvgIpc) is 2.81. The highest BCUT2D eigenvalue weighted by molar-refractivity contribution is 14.1. The van der Waals surface area contributed by atoms with Gasteiger partial charge in [-0.15, -0.1) is 0 Å². The van der Waals surface area contributed by atoms with E-state index in [0.29, 0.717) is 6.04 Å². The van der Waals surface area contributed by atoms with Crippen LogP contribution in [0.5, 0.6) is 0 Å². The molecule has 3 atom stereocenters. The van der Waals surface area contributed by atoms with Crippen molar-refractivity contribution in [1.82, 2.24) is 10.3 Å². The molecule has 2 unspecified atom stereocenters. The lowest BCUT2D eigenvalue weighted by atomic mass is 10.0. The molecule has 1 saturated carbocycles. The molecule has 1 aromatic heterocycles. The third-order valence-electron chi connectivity index (χ3n) is 3.73. The molecule has 86 valence electrons. The zero-order chi connectivity index (χ0) is 11.0. The molecule has 2 aliphatic rings. The molecule has 2 fully saturated rings. The Bertz CT molecular complexity index is 353. The number of halogens is 1. The van der Waals surface area contributed by atoms with Crippen molar-refractivity contribution in [2.24, 2.45) is 11.8 Å². The second kappa shape index (κ2) is 4.49. The highest BCUT2D eigenvalue weighted by atomic mass is 127. The molecule has 1 aromatic rings. The number of nitrogens with one attached hydrogen (secondary N) is 2. The van der Waals surface area contributed by atoms with Crippen molar-refractivity contribution in [1.29, 1.82) is 0 Å². The number of nitrogens with zero attached hydrogens (tertiary/aromatic N) is 1. The van der Waals surface area contributed by atoms with Crippen molar-refractivity contribution < 1.29 is 0 Å². The van der Waals surface area contributed by atoms with Crippen LogP contribution in [0.4, 0.5) is 5.82 Å². The fourth-order valence-electron chi connectivity index (χ4n) is 2.95. The van der Waals surface area contributed by atoms with E-state index in [1.54, 1.807) is 0 Å². The molecule has 0 aromatic carbocycles. The van der Waals surface area contributed by atoms with Crippen molar-refractivity contribution >= 4 is 28.4 Å². The van der Waals surface area contributed by atoms with E-state index in [2.05, 4.69) is 50.3 Å². The monoisotopic (exact) mass is 329 g/mol. The van der Waals surface area contributed by atoms with Crippen LogP contribution in [0, 0.1) is 15.4 Å². The first kappa shape index (κ1) is 10.8. The summed E-state index contributed by atoms with van der Waals surface area (Å²) in [7, 11) is 0. The molecule has 2 N–H and O–H groups in total. The molecule has 3 rings (SSSR count). The van der Waals surface area contributed by atoms with Crippen LogP contribution in [-0.2, 0) is 0 Å². The average molecular weight is 329 g/mol. The number of fused-ring (bicyclic) bond motifs is 1. The molecule has 0 amide bonds. The number of rotatable bonds is 2. The van der Waals surface area contributed by atoms with Gasteiger partial charge in [0.15, 0.2) is 0 Å². The van der Waals surface area contributed by atoms with Gasteiger partial charge in [0.1, 0.15) is 5.82 Å². The zero-order valence-electron chi connectivity index (χ0n) is 9.12. The van der Waals surface area contributed by atoms with Gasteiger partial charge in [-0.3, -0.25) is 0 Å². The number of hydrogen-bond donors (Lipinski definition) is 2. The summed E-state index contributed by atoms with van der Waals surface area (Å²) in [4.78, 5) is 4.40. The summed E-state index contributed by atoms with van der Waals surface area (Å²) in [6.45, 7) is 2.42. The summed E-state index contributed by atoms with van der Waals surface area (Å²) in [6.07, 6.45) is 4.51. The Morgan fingerprint density at radius 3 is 2.62 bits per heavy atom. The van der Waals surface area contributed by atoms with Crippen LogP contribution in [-0.4, -0.2) is 24.1 Å². The SMILES string of the molecule is Ic1ccc(NC2CC3CNC[C@H]3C2)nc1. The van der Waals surface area contributed by atoms with Crippen LogP contribution in [0.1, 0.15) is 12.8 Å². The molecular weight excluding hydrogens is 313 g/mol. The predicted molar refractivity (Wildman–Crippen MR) is 73.4 cm³/mol. The van der Waals surface area contributed by atoms with Gasteiger partial charge >= 0.3 is 0 Å². The van der Waals surface area contributed by atoms with Crippen molar-refractivity contribution in [2.75, 3.05) is 18.4 Å². The molecule has 1 saturated heterocycles. The van der Waals surface area contributed by atoms with Crippen molar-refractivity contribution in [3.63, 3.8) is 0 Å². The minimum Gasteiger partial charge on any atom is -0.367 e. The van der Waals surface area contributed by atoms with Crippen LogP contribution in [0.15, 0.2) is 18.3 Å². The van der Waals surface area contributed by atoms with Gasteiger partial charge in [-0.05, 0) is 72.5 Å². The summed E-state index contributed by atoms with van der Waals surface area (Å²) in [6, 6.07) is 4.81. The Labute approximate surface area is 110 Å². The number of hydrogen-bond acceptors (Lipinski definition) is 3. The molecule has 1 aliphatic heterocycles. The Kier molecular flexibility index (Phi) is 3.02. The van der Waals surface area contributed by atoms with E-state index in [4.69, 9.17) is 0 Å². The number of pyridine rings is 1. The van der Waals surface area contributed by atoms with Crippen LogP contribution in [0.25, 0.3) is 0 Å². The number of aromatic nitrogens is 1. The lowest BCUT2D eigenvalue weighted by Crippen LogP contribution is -2.20. The molecular formula is C12H16IN3. The van der Waals surface area contributed by atoms with Gasteiger partial charge < -0.3 is 10.6 Å². The van der Waals surface area contributed by atoms with E-state index in [1.807, 2.05) is 6.20 Å². The summed E-state index contributed by atoms with van der Waals surface area (Å²) in [5.41, 5.74) is 0. The Hall–Kier alpha value is -0.360. The van der Waals surface area contributed by atoms with Gasteiger partial charge in [0.25, 0.3) is 0 Å². The van der Waals surface area contributed by atoms with E-state index >= 15 is 0 Å².